The summed E-state index contributed by atoms with van der Waals surface area (Å²) in [6.07, 6.45) is 0. The molecule has 2 aromatic rings. The molecule has 0 unspecified atom stereocenters. The Morgan fingerprint density at radius 2 is 2.05 bits per heavy atom. The van der Waals surface area contributed by atoms with Crippen molar-refractivity contribution in [1.29, 1.82) is 0 Å². The Morgan fingerprint density at radius 1 is 1.35 bits per heavy atom. The first-order valence-electron chi connectivity index (χ1n) is 6.59. The van der Waals surface area contributed by atoms with Gasteiger partial charge in [0.25, 0.3) is 0 Å². The van der Waals surface area contributed by atoms with E-state index in [0.717, 1.165) is 11.1 Å². The molecular formula is C15H19N3O2. The van der Waals surface area contributed by atoms with Gasteiger partial charge in [-0.1, -0.05) is 24.3 Å². The molecule has 1 aromatic carbocycles. The van der Waals surface area contributed by atoms with E-state index in [1.807, 2.05) is 38.1 Å². The minimum absolute atomic E-state index is 0.235. The summed E-state index contributed by atoms with van der Waals surface area (Å²) in [5, 5.41) is 4.21. The quantitative estimate of drug-likeness (QED) is 0.869. The maximum absolute atomic E-state index is 12.2. The molecule has 0 radical (unpaired) electrons. The van der Waals surface area contributed by atoms with Crippen LogP contribution in [0, 0.1) is 13.8 Å². The van der Waals surface area contributed by atoms with Gasteiger partial charge in [-0.05, 0) is 31.9 Å². The van der Waals surface area contributed by atoms with Crippen molar-refractivity contribution < 1.29 is 9.53 Å². The van der Waals surface area contributed by atoms with E-state index in [-0.39, 0.29) is 6.61 Å². The monoisotopic (exact) mass is 273 g/mol. The number of ether oxygens (including phenoxy) is 1. The van der Waals surface area contributed by atoms with Gasteiger partial charge in [0.15, 0.2) is 5.69 Å². The summed E-state index contributed by atoms with van der Waals surface area (Å²) in [6.45, 7) is 6.48. The Bertz CT molecular complexity index is 632. The average molecular weight is 273 g/mol. The van der Waals surface area contributed by atoms with Crippen LogP contribution in [0.5, 0.6) is 0 Å². The number of carbonyl (C=O) groups is 1. The van der Waals surface area contributed by atoms with Crippen molar-refractivity contribution >= 4 is 11.7 Å². The van der Waals surface area contributed by atoms with Crippen molar-refractivity contribution in [1.82, 2.24) is 9.78 Å². The van der Waals surface area contributed by atoms with Crippen molar-refractivity contribution in [3.63, 3.8) is 0 Å². The fraction of sp³-hybridized carbons (Fsp3) is 0.333. The summed E-state index contributed by atoms with van der Waals surface area (Å²) in [5.41, 5.74) is 9.34. The van der Waals surface area contributed by atoms with E-state index in [4.69, 9.17) is 10.5 Å². The molecule has 5 nitrogen and oxygen atoms in total. The third kappa shape index (κ3) is 2.66. The molecule has 0 saturated heterocycles. The molecule has 20 heavy (non-hydrogen) atoms. The maximum atomic E-state index is 12.2. The zero-order valence-corrected chi connectivity index (χ0v) is 12.0. The highest BCUT2D eigenvalue weighted by Crippen LogP contribution is 2.18. The second kappa shape index (κ2) is 5.77. The van der Waals surface area contributed by atoms with Crippen LogP contribution < -0.4 is 5.73 Å². The van der Waals surface area contributed by atoms with E-state index in [1.54, 1.807) is 11.6 Å². The molecule has 0 atom stereocenters. The van der Waals surface area contributed by atoms with Crippen molar-refractivity contribution in [3.8, 4) is 0 Å². The van der Waals surface area contributed by atoms with Gasteiger partial charge < -0.3 is 10.5 Å². The molecule has 0 amide bonds. The minimum atomic E-state index is -0.437. The Hall–Kier alpha value is -2.30. The number of esters is 1. The van der Waals surface area contributed by atoms with Crippen LogP contribution >= 0.6 is 0 Å². The number of anilines is 1. The Labute approximate surface area is 118 Å². The fourth-order valence-corrected chi connectivity index (χ4v) is 2.02. The number of hydrogen-bond acceptors (Lipinski definition) is 4. The summed E-state index contributed by atoms with van der Waals surface area (Å²) in [7, 11) is 0. The molecular weight excluding hydrogens is 254 g/mol. The van der Waals surface area contributed by atoms with Crippen LogP contribution in [0.25, 0.3) is 0 Å². The predicted octanol–water partition coefficient (Wildman–Crippen LogP) is 2.46. The number of hydrogen-bond donors (Lipinski definition) is 1. The minimum Gasteiger partial charge on any atom is -0.456 e. The van der Waals surface area contributed by atoms with Gasteiger partial charge in [-0.15, -0.1) is 0 Å². The molecule has 0 fully saturated rings. The Kier molecular flexibility index (Phi) is 4.08. The van der Waals surface area contributed by atoms with Crippen LogP contribution in [0.1, 0.15) is 34.2 Å². The van der Waals surface area contributed by atoms with Crippen LogP contribution in [-0.4, -0.2) is 15.7 Å². The molecule has 5 heteroatoms. The maximum Gasteiger partial charge on any atom is 0.359 e. The number of benzene rings is 1. The number of aryl methyl sites for hydroxylation is 3. The zero-order valence-electron chi connectivity index (χ0n) is 12.0. The average Bonchev–Trinajstić information content (AvgIpc) is 2.73. The predicted molar refractivity (Wildman–Crippen MR) is 77.3 cm³/mol. The van der Waals surface area contributed by atoms with E-state index < -0.39 is 5.97 Å². The molecule has 0 saturated carbocycles. The largest absolute Gasteiger partial charge is 0.456 e. The number of nitrogens with zero attached hydrogens (tertiary/aromatic N) is 2. The molecule has 0 aliphatic rings. The van der Waals surface area contributed by atoms with E-state index >= 15 is 0 Å². The van der Waals surface area contributed by atoms with Gasteiger partial charge in [0.05, 0.1) is 11.4 Å². The van der Waals surface area contributed by atoms with Crippen LogP contribution in [0.2, 0.25) is 0 Å². The summed E-state index contributed by atoms with van der Waals surface area (Å²) in [4.78, 5) is 12.2. The SMILES string of the molecule is CCn1nc(C)c(N)c1C(=O)OCc1ccccc1C. The first kappa shape index (κ1) is 14.1. The van der Waals surface area contributed by atoms with Crippen molar-refractivity contribution in [2.45, 2.75) is 33.9 Å². The number of nitrogen functional groups attached to an aromatic ring is 1. The molecule has 0 spiro atoms. The topological polar surface area (TPSA) is 70.1 Å². The van der Waals surface area contributed by atoms with Crippen molar-refractivity contribution in [2.75, 3.05) is 5.73 Å². The molecule has 106 valence electrons. The summed E-state index contributed by atoms with van der Waals surface area (Å²) in [5.74, 6) is -0.437. The Balaban J connectivity index is 2.15. The molecule has 1 heterocycles. The van der Waals surface area contributed by atoms with Gasteiger partial charge in [-0.25, -0.2) is 4.79 Å². The highest BCUT2D eigenvalue weighted by atomic mass is 16.5. The van der Waals surface area contributed by atoms with Crippen LogP contribution in [0.3, 0.4) is 0 Å². The number of nitrogens with two attached hydrogens (primary N) is 1. The molecule has 2 rings (SSSR count). The summed E-state index contributed by atoms with van der Waals surface area (Å²) < 4.78 is 6.93. The lowest BCUT2D eigenvalue weighted by atomic mass is 10.1. The van der Waals surface area contributed by atoms with Crippen molar-refractivity contribution in [3.05, 3.63) is 46.8 Å². The lowest BCUT2D eigenvalue weighted by molar-refractivity contribution is 0.0459. The third-order valence-electron chi connectivity index (χ3n) is 3.29. The molecule has 2 N–H and O–H groups in total. The number of aromatic nitrogens is 2. The highest BCUT2D eigenvalue weighted by Gasteiger charge is 2.20. The van der Waals surface area contributed by atoms with Gasteiger partial charge in [0.2, 0.25) is 0 Å². The first-order chi connectivity index (χ1) is 9.54. The Morgan fingerprint density at radius 3 is 2.70 bits per heavy atom. The number of carbonyl (C=O) groups excluding carboxylic acids is 1. The van der Waals surface area contributed by atoms with Crippen molar-refractivity contribution in [2.24, 2.45) is 0 Å². The lowest BCUT2D eigenvalue weighted by Gasteiger charge is -2.08. The molecule has 0 aliphatic heterocycles. The first-order valence-corrected chi connectivity index (χ1v) is 6.59. The third-order valence-corrected chi connectivity index (χ3v) is 3.29. The van der Waals surface area contributed by atoms with Gasteiger partial charge in [-0.2, -0.15) is 5.10 Å². The van der Waals surface area contributed by atoms with Gasteiger partial charge in [-0.3, -0.25) is 4.68 Å². The normalized spacial score (nSPS) is 10.6. The van der Waals surface area contributed by atoms with Gasteiger partial charge >= 0.3 is 5.97 Å². The summed E-state index contributed by atoms with van der Waals surface area (Å²) >= 11 is 0. The van der Waals surface area contributed by atoms with E-state index in [1.165, 1.54) is 0 Å². The fourth-order valence-electron chi connectivity index (χ4n) is 2.02. The van der Waals surface area contributed by atoms with E-state index in [2.05, 4.69) is 5.10 Å². The molecule has 1 aromatic heterocycles. The van der Waals surface area contributed by atoms with Gasteiger partial charge in [0.1, 0.15) is 6.61 Å². The molecule has 0 aliphatic carbocycles. The van der Waals surface area contributed by atoms with E-state index in [9.17, 15) is 4.79 Å². The second-order valence-electron chi connectivity index (χ2n) is 4.67. The summed E-state index contributed by atoms with van der Waals surface area (Å²) in [6, 6.07) is 7.80. The van der Waals surface area contributed by atoms with Crippen LogP contribution in [0.15, 0.2) is 24.3 Å². The molecule has 0 bridgehead atoms. The smallest absolute Gasteiger partial charge is 0.359 e. The van der Waals surface area contributed by atoms with Crippen LogP contribution in [0.4, 0.5) is 5.69 Å². The standard InChI is InChI=1S/C15H19N3O2/c1-4-18-14(13(16)11(3)17-18)15(19)20-9-12-8-6-5-7-10(12)2/h5-8H,4,9,16H2,1-3H3. The highest BCUT2D eigenvalue weighted by molar-refractivity contribution is 5.93. The zero-order chi connectivity index (χ0) is 14.7. The second-order valence-corrected chi connectivity index (χ2v) is 4.67. The van der Waals surface area contributed by atoms with E-state index in [0.29, 0.717) is 23.6 Å². The lowest BCUT2D eigenvalue weighted by Crippen LogP contribution is -2.14. The van der Waals surface area contributed by atoms with Gasteiger partial charge in [0, 0.05) is 6.54 Å². The van der Waals surface area contributed by atoms with Crippen LogP contribution in [-0.2, 0) is 17.9 Å². The number of rotatable bonds is 4.